The Balaban J connectivity index is 2.13. The number of nitrogens with two attached hydrogens (primary N) is 1. The number of rotatable bonds is 3. The molecule has 2 unspecified atom stereocenters. The van der Waals surface area contributed by atoms with Crippen LogP contribution in [0.3, 0.4) is 0 Å². The normalized spacial score (nSPS) is 22.7. The summed E-state index contributed by atoms with van der Waals surface area (Å²) in [5.74, 6) is 1.01. The molecule has 3 heteroatoms. The van der Waals surface area contributed by atoms with Gasteiger partial charge in [-0.15, -0.1) is 0 Å². The van der Waals surface area contributed by atoms with Crippen LogP contribution in [0.2, 0.25) is 0 Å². The van der Waals surface area contributed by atoms with Crippen LogP contribution >= 0.6 is 0 Å². The average molecular weight is 288 g/mol. The number of likely N-dealkylation sites (tertiary alicyclic amines) is 1. The molecule has 0 saturated carbocycles. The number of nitrogens with zero attached hydrogens (tertiary/aromatic N) is 1. The largest absolute Gasteiger partial charge is 0.341 e. The van der Waals surface area contributed by atoms with Crippen LogP contribution in [0.1, 0.15) is 49.3 Å². The van der Waals surface area contributed by atoms with E-state index in [-0.39, 0.29) is 11.9 Å². The summed E-state index contributed by atoms with van der Waals surface area (Å²) >= 11 is 0. The molecular weight excluding hydrogens is 260 g/mol. The predicted molar refractivity (Wildman–Crippen MR) is 87.3 cm³/mol. The predicted octanol–water partition coefficient (Wildman–Crippen LogP) is 2.99. The number of hydrogen-bond acceptors (Lipinski definition) is 2. The molecule has 2 rings (SSSR count). The van der Waals surface area contributed by atoms with E-state index in [9.17, 15) is 4.79 Å². The topological polar surface area (TPSA) is 46.3 Å². The van der Waals surface area contributed by atoms with E-state index < -0.39 is 0 Å². The van der Waals surface area contributed by atoms with Crippen LogP contribution in [0.4, 0.5) is 0 Å². The van der Waals surface area contributed by atoms with Gasteiger partial charge < -0.3 is 10.6 Å². The Kier molecular flexibility index (Phi) is 5.04. The number of carbonyl (C=O) groups excluding carboxylic acids is 1. The molecule has 1 aliphatic heterocycles. The van der Waals surface area contributed by atoms with Gasteiger partial charge in [-0.05, 0) is 42.9 Å². The number of amides is 1. The van der Waals surface area contributed by atoms with Gasteiger partial charge in [0.1, 0.15) is 0 Å². The molecule has 1 saturated heterocycles. The van der Waals surface area contributed by atoms with Crippen molar-refractivity contribution in [2.75, 3.05) is 13.1 Å². The third-order valence-electron chi connectivity index (χ3n) is 4.42. The number of aryl methyl sites for hydroxylation is 2. The Bertz CT molecular complexity index is 510. The lowest BCUT2D eigenvalue weighted by Crippen LogP contribution is -2.48. The van der Waals surface area contributed by atoms with Crippen molar-refractivity contribution in [2.24, 2.45) is 11.7 Å². The first-order valence-electron chi connectivity index (χ1n) is 7.97. The highest BCUT2D eigenvalue weighted by molar-refractivity contribution is 5.76. The highest BCUT2D eigenvalue weighted by atomic mass is 16.2. The van der Waals surface area contributed by atoms with Gasteiger partial charge in [-0.3, -0.25) is 4.79 Å². The number of hydrogen-bond donors (Lipinski definition) is 1. The molecule has 0 spiro atoms. The van der Waals surface area contributed by atoms with Crippen LogP contribution < -0.4 is 5.73 Å². The van der Waals surface area contributed by atoms with E-state index in [1.54, 1.807) is 0 Å². The van der Waals surface area contributed by atoms with Crippen molar-refractivity contribution in [2.45, 2.75) is 52.5 Å². The van der Waals surface area contributed by atoms with Gasteiger partial charge in [-0.25, -0.2) is 0 Å². The molecule has 1 heterocycles. The van der Waals surface area contributed by atoms with Crippen molar-refractivity contribution >= 4 is 5.91 Å². The maximum atomic E-state index is 12.3. The smallest absolute Gasteiger partial charge is 0.222 e. The van der Waals surface area contributed by atoms with E-state index in [4.69, 9.17) is 5.73 Å². The van der Waals surface area contributed by atoms with E-state index in [1.165, 1.54) is 16.7 Å². The van der Waals surface area contributed by atoms with Crippen LogP contribution in [0.15, 0.2) is 18.2 Å². The van der Waals surface area contributed by atoms with Crippen LogP contribution in [-0.2, 0) is 4.79 Å². The van der Waals surface area contributed by atoms with Gasteiger partial charge in [-0.1, -0.05) is 32.0 Å². The summed E-state index contributed by atoms with van der Waals surface area (Å²) in [4.78, 5) is 14.3. The van der Waals surface area contributed by atoms with E-state index in [1.807, 2.05) is 4.90 Å². The molecule has 21 heavy (non-hydrogen) atoms. The maximum absolute atomic E-state index is 12.3. The minimum Gasteiger partial charge on any atom is -0.341 e. The summed E-state index contributed by atoms with van der Waals surface area (Å²) < 4.78 is 0. The van der Waals surface area contributed by atoms with Gasteiger partial charge in [0.15, 0.2) is 0 Å². The Hall–Kier alpha value is -1.35. The van der Waals surface area contributed by atoms with Gasteiger partial charge in [0.25, 0.3) is 0 Å². The summed E-state index contributed by atoms with van der Waals surface area (Å²) in [5.41, 5.74) is 10.1. The van der Waals surface area contributed by atoms with E-state index in [0.717, 1.165) is 13.0 Å². The lowest BCUT2D eigenvalue weighted by Gasteiger charge is -2.37. The second-order valence-corrected chi connectivity index (χ2v) is 6.93. The van der Waals surface area contributed by atoms with Gasteiger partial charge in [0.2, 0.25) is 5.91 Å². The third kappa shape index (κ3) is 4.07. The minimum absolute atomic E-state index is 0.0847. The molecule has 1 amide bonds. The standard InChI is InChI=1S/C18H28N2O/c1-12(2)7-18(21)20-10-16(9-17(19)11-20)15-6-5-13(3)14(4)8-15/h5-6,8,12,16-17H,7,9-11,19H2,1-4H3. The number of piperidine rings is 1. The molecule has 2 N–H and O–H groups in total. The first-order valence-corrected chi connectivity index (χ1v) is 7.97. The zero-order valence-corrected chi connectivity index (χ0v) is 13.7. The Morgan fingerprint density at radius 2 is 2.00 bits per heavy atom. The first-order chi connectivity index (χ1) is 9.86. The van der Waals surface area contributed by atoms with Crippen LogP contribution in [0.5, 0.6) is 0 Å². The number of benzene rings is 1. The van der Waals surface area contributed by atoms with Crippen molar-refractivity contribution in [1.29, 1.82) is 0 Å². The second kappa shape index (κ2) is 6.61. The fourth-order valence-electron chi connectivity index (χ4n) is 3.08. The van der Waals surface area contributed by atoms with Crippen molar-refractivity contribution in [1.82, 2.24) is 4.90 Å². The molecule has 0 radical (unpaired) electrons. The van der Waals surface area contributed by atoms with Crippen molar-refractivity contribution in [3.8, 4) is 0 Å². The summed E-state index contributed by atoms with van der Waals surface area (Å²) in [6.45, 7) is 9.95. The van der Waals surface area contributed by atoms with Crippen molar-refractivity contribution in [3.63, 3.8) is 0 Å². The third-order valence-corrected chi connectivity index (χ3v) is 4.42. The molecule has 0 aliphatic carbocycles. The Labute approximate surface area is 128 Å². The molecule has 2 atom stereocenters. The maximum Gasteiger partial charge on any atom is 0.222 e. The fraction of sp³-hybridized carbons (Fsp3) is 0.611. The molecule has 116 valence electrons. The summed E-state index contributed by atoms with van der Waals surface area (Å²) in [6, 6.07) is 6.70. The molecule has 0 bridgehead atoms. The molecule has 1 aliphatic rings. The lowest BCUT2D eigenvalue weighted by atomic mass is 9.86. The highest BCUT2D eigenvalue weighted by Crippen LogP contribution is 2.28. The summed E-state index contributed by atoms with van der Waals surface area (Å²) in [5, 5.41) is 0. The molecular formula is C18H28N2O. The van der Waals surface area contributed by atoms with E-state index >= 15 is 0 Å². The molecule has 1 aromatic carbocycles. The molecule has 3 nitrogen and oxygen atoms in total. The van der Waals surface area contributed by atoms with Gasteiger partial charge >= 0.3 is 0 Å². The quantitative estimate of drug-likeness (QED) is 0.929. The van der Waals surface area contributed by atoms with Gasteiger partial charge in [0.05, 0.1) is 0 Å². The van der Waals surface area contributed by atoms with Gasteiger partial charge in [0, 0.05) is 31.5 Å². The van der Waals surface area contributed by atoms with Crippen LogP contribution in [0.25, 0.3) is 0 Å². The average Bonchev–Trinajstić information content (AvgIpc) is 2.40. The monoisotopic (exact) mass is 288 g/mol. The van der Waals surface area contributed by atoms with Crippen LogP contribution in [0, 0.1) is 19.8 Å². The fourth-order valence-corrected chi connectivity index (χ4v) is 3.08. The molecule has 1 fully saturated rings. The Morgan fingerprint density at radius 3 is 2.62 bits per heavy atom. The van der Waals surface area contributed by atoms with Crippen molar-refractivity contribution in [3.05, 3.63) is 34.9 Å². The second-order valence-electron chi connectivity index (χ2n) is 6.93. The SMILES string of the molecule is Cc1ccc(C2CC(N)CN(C(=O)CC(C)C)C2)cc1C. The Morgan fingerprint density at radius 1 is 1.29 bits per heavy atom. The molecule has 1 aromatic rings. The summed E-state index contributed by atoms with van der Waals surface area (Å²) in [6.07, 6.45) is 1.58. The van der Waals surface area contributed by atoms with Crippen LogP contribution in [-0.4, -0.2) is 29.9 Å². The minimum atomic E-state index is 0.0847. The zero-order chi connectivity index (χ0) is 15.6. The first kappa shape index (κ1) is 16.0. The number of carbonyl (C=O) groups is 1. The lowest BCUT2D eigenvalue weighted by molar-refractivity contribution is -0.133. The van der Waals surface area contributed by atoms with E-state index in [2.05, 4.69) is 45.9 Å². The highest BCUT2D eigenvalue weighted by Gasteiger charge is 2.29. The van der Waals surface area contributed by atoms with E-state index in [0.29, 0.717) is 24.8 Å². The van der Waals surface area contributed by atoms with Gasteiger partial charge in [-0.2, -0.15) is 0 Å². The molecule has 0 aromatic heterocycles. The zero-order valence-electron chi connectivity index (χ0n) is 13.7. The summed E-state index contributed by atoms with van der Waals surface area (Å²) in [7, 11) is 0. The van der Waals surface area contributed by atoms with Crippen molar-refractivity contribution < 1.29 is 4.79 Å².